The largest absolute Gasteiger partial charge is 0.497 e. The Labute approximate surface area is 183 Å². The predicted molar refractivity (Wildman–Crippen MR) is 119 cm³/mol. The molecule has 1 amide bonds. The van der Waals surface area contributed by atoms with Crippen LogP contribution in [0.3, 0.4) is 0 Å². The molecule has 8 nitrogen and oxygen atoms in total. The van der Waals surface area contributed by atoms with Gasteiger partial charge in [0.25, 0.3) is 0 Å². The zero-order valence-electron chi connectivity index (χ0n) is 17.4. The maximum Gasteiger partial charge on any atom is 0.248 e. The Hall–Kier alpha value is -3.59. The van der Waals surface area contributed by atoms with Crippen molar-refractivity contribution in [2.45, 2.75) is 20.4 Å². The number of aromatic nitrogens is 4. The van der Waals surface area contributed by atoms with E-state index in [0.717, 1.165) is 10.9 Å². The summed E-state index contributed by atoms with van der Waals surface area (Å²) in [6, 6.07) is 7.12. The van der Waals surface area contributed by atoms with Crippen molar-refractivity contribution in [2.75, 3.05) is 18.6 Å². The molecule has 0 saturated carbocycles. The highest BCUT2D eigenvalue weighted by Crippen LogP contribution is 2.31. The third-order valence-electron chi connectivity index (χ3n) is 5.09. The van der Waals surface area contributed by atoms with Crippen LogP contribution in [0.25, 0.3) is 10.9 Å². The highest BCUT2D eigenvalue weighted by Gasteiger charge is 2.25. The van der Waals surface area contributed by atoms with Gasteiger partial charge in [0, 0.05) is 47.7 Å². The van der Waals surface area contributed by atoms with Crippen LogP contribution in [-0.4, -0.2) is 44.9 Å². The summed E-state index contributed by atoms with van der Waals surface area (Å²) < 4.78 is 7.22. The van der Waals surface area contributed by atoms with E-state index in [1.807, 2.05) is 35.9 Å². The number of carbonyl (C=O) groups excluding carboxylic acids is 2. The molecule has 0 spiro atoms. The van der Waals surface area contributed by atoms with Gasteiger partial charge < -0.3 is 9.30 Å². The maximum absolute atomic E-state index is 13.2. The minimum atomic E-state index is -0.285. The molecule has 0 fully saturated rings. The fourth-order valence-electron chi connectivity index (χ4n) is 3.59. The van der Waals surface area contributed by atoms with Gasteiger partial charge in [-0.05, 0) is 32.0 Å². The number of hydrogen-bond donors (Lipinski definition) is 0. The van der Waals surface area contributed by atoms with Crippen molar-refractivity contribution in [3.8, 4) is 5.75 Å². The van der Waals surface area contributed by atoms with Crippen molar-refractivity contribution in [1.29, 1.82) is 0 Å². The Bertz CT molecular complexity index is 1240. The minimum absolute atomic E-state index is 0.0614. The third-order valence-corrected chi connectivity index (χ3v) is 5.88. The standard InChI is InChI=1S/C22H21N5O3S/c1-4-26(22-25-10-11-31-22)18(28)13-27-14(2)19(20(29)21-23-8-5-9-24-21)16-7-6-15(30-3)12-17(16)27/h5-12H,4,13H2,1-3H3. The monoisotopic (exact) mass is 435 g/mol. The van der Waals surface area contributed by atoms with Crippen LogP contribution in [0.1, 0.15) is 28.8 Å². The number of nitrogens with zero attached hydrogens (tertiary/aromatic N) is 5. The van der Waals surface area contributed by atoms with Gasteiger partial charge in [0.05, 0.1) is 18.2 Å². The van der Waals surface area contributed by atoms with Gasteiger partial charge in [0.2, 0.25) is 17.5 Å². The minimum Gasteiger partial charge on any atom is -0.497 e. The summed E-state index contributed by atoms with van der Waals surface area (Å²) in [5.41, 5.74) is 1.89. The molecule has 4 rings (SSSR count). The number of carbonyl (C=O) groups is 2. The van der Waals surface area contributed by atoms with E-state index in [9.17, 15) is 9.59 Å². The molecule has 0 unspecified atom stereocenters. The highest BCUT2D eigenvalue weighted by atomic mass is 32.1. The average molecular weight is 436 g/mol. The summed E-state index contributed by atoms with van der Waals surface area (Å²) in [5.74, 6) is 0.354. The lowest BCUT2D eigenvalue weighted by Gasteiger charge is -2.19. The zero-order chi connectivity index (χ0) is 22.0. The summed E-state index contributed by atoms with van der Waals surface area (Å²) >= 11 is 1.41. The molecule has 1 aromatic carbocycles. The van der Waals surface area contributed by atoms with Crippen molar-refractivity contribution in [3.05, 3.63) is 65.3 Å². The van der Waals surface area contributed by atoms with E-state index in [-0.39, 0.29) is 24.1 Å². The van der Waals surface area contributed by atoms with Crippen LogP contribution in [0.15, 0.2) is 48.2 Å². The van der Waals surface area contributed by atoms with E-state index in [0.29, 0.717) is 28.7 Å². The lowest BCUT2D eigenvalue weighted by atomic mass is 10.1. The zero-order valence-corrected chi connectivity index (χ0v) is 18.2. The molecule has 31 heavy (non-hydrogen) atoms. The van der Waals surface area contributed by atoms with Crippen molar-refractivity contribution < 1.29 is 14.3 Å². The lowest BCUT2D eigenvalue weighted by Crippen LogP contribution is -2.33. The number of hydrogen-bond acceptors (Lipinski definition) is 7. The van der Waals surface area contributed by atoms with Crippen LogP contribution < -0.4 is 9.64 Å². The van der Waals surface area contributed by atoms with Gasteiger partial charge in [-0.3, -0.25) is 14.5 Å². The average Bonchev–Trinajstić information content (AvgIpc) is 3.41. The molecule has 9 heteroatoms. The molecule has 4 aromatic rings. The topological polar surface area (TPSA) is 90.2 Å². The first kappa shape index (κ1) is 20.7. The number of rotatable bonds is 7. The normalized spacial score (nSPS) is 10.9. The molecule has 0 N–H and O–H groups in total. The molecular formula is C22H21N5O3S. The number of ether oxygens (including phenoxy) is 1. The van der Waals surface area contributed by atoms with Gasteiger partial charge in [-0.15, -0.1) is 11.3 Å². The Morgan fingerprint density at radius 3 is 2.58 bits per heavy atom. The first-order chi connectivity index (χ1) is 15.0. The fourth-order valence-corrected chi connectivity index (χ4v) is 4.31. The van der Waals surface area contributed by atoms with E-state index in [1.165, 1.54) is 23.7 Å². The third kappa shape index (κ3) is 3.79. The summed E-state index contributed by atoms with van der Waals surface area (Å²) in [4.78, 5) is 40.5. The van der Waals surface area contributed by atoms with Crippen LogP contribution in [0.2, 0.25) is 0 Å². The van der Waals surface area contributed by atoms with Crippen LogP contribution in [0.4, 0.5) is 5.13 Å². The molecule has 0 saturated heterocycles. The molecule has 3 aromatic heterocycles. The quantitative estimate of drug-likeness (QED) is 0.413. The van der Waals surface area contributed by atoms with Crippen LogP contribution in [0, 0.1) is 6.92 Å². The molecule has 0 radical (unpaired) electrons. The van der Waals surface area contributed by atoms with Gasteiger partial charge in [-0.1, -0.05) is 0 Å². The van der Waals surface area contributed by atoms with Gasteiger partial charge in [0.1, 0.15) is 12.3 Å². The molecule has 0 bridgehead atoms. The number of amides is 1. The van der Waals surface area contributed by atoms with E-state index >= 15 is 0 Å². The second-order valence-electron chi connectivity index (χ2n) is 6.78. The Morgan fingerprint density at radius 2 is 1.94 bits per heavy atom. The van der Waals surface area contributed by atoms with E-state index < -0.39 is 0 Å². The number of ketones is 1. The molecule has 0 aliphatic rings. The van der Waals surface area contributed by atoms with E-state index in [2.05, 4.69) is 15.0 Å². The number of thiazole rings is 1. The number of likely N-dealkylation sites (N-methyl/N-ethyl adjacent to an activating group) is 1. The van der Waals surface area contributed by atoms with Gasteiger partial charge in [-0.2, -0.15) is 0 Å². The number of methoxy groups -OCH3 is 1. The molecule has 0 atom stereocenters. The van der Waals surface area contributed by atoms with Gasteiger partial charge >= 0.3 is 0 Å². The van der Waals surface area contributed by atoms with Gasteiger partial charge in [0.15, 0.2) is 5.13 Å². The van der Waals surface area contributed by atoms with Crippen LogP contribution >= 0.6 is 11.3 Å². The Morgan fingerprint density at radius 1 is 1.16 bits per heavy atom. The van der Waals surface area contributed by atoms with Crippen molar-refractivity contribution in [1.82, 2.24) is 19.5 Å². The lowest BCUT2D eigenvalue weighted by molar-refractivity contribution is -0.119. The van der Waals surface area contributed by atoms with Crippen LogP contribution in [0.5, 0.6) is 5.75 Å². The molecule has 158 valence electrons. The summed E-state index contributed by atoms with van der Waals surface area (Å²) in [7, 11) is 1.58. The predicted octanol–water partition coefficient (Wildman–Crippen LogP) is 3.49. The van der Waals surface area contributed by atoms with Crippen LogP contribution in [-0.2, 0) is 11.3 Å². The number of fused-ring (bicyclic) bond motifs is 1. The first-order valence-corrected chi connectivity index (χ1v) is 10.6. The van der Waals surface area contributed by atoms with Gasteiger partial charge in [-0.25, -0.2) is 15.0 Å². The van der Waals surface area contributed by atoms with E-state index in [4.69, 9.17) is 4.74 Å². The molecular weight excluding hydrogens is 414 g/mol. The molecule has 0 aliphatic heterocycles. The fraction of sp³-hybridized carbons (Fsp3) is 0.227. The summed E-state index contributed by atoms with van der Waals surface area (Å²) in [6.07, 6.45) is 4.75. The summed E-state index contributed by atoms with van der Waals surface area (Å²) in [5, 5.41) is 3.21. The SMILES string of the molecule is CCN(C(=O)Cn1c(C)c(C(=O)c2ncccn2)c2ccc(OC)cc21)c1nccs1. The Kier molecular flexibility index (Phi) is 5.77. The first-order valence-electron chi connectivity index (χ1n) is 9.73. The van der Waals surface area contributed by atoms with Crippen molar-refractivity contribution in [2.24, 2.45) is 0 Å². The summed E-state index contributed by atoms with van der Waals surface area (Å²) in [6.45, 7) is 4.30. The molecule has 3 heterocycles. The highest BCUT2D eigenvalue weighted by molar-refractivity contribution is 7.13. The second kappa shape index (κ2) is 8.65. The van der Waals surface area contributed by atoms with Crippen molar-refractivity contribution in [3.63, 3.8) is 0 Å². The van der Waals surface area contributed by atoms with E-state index in [1.54, 1.807) is 30.3 Å². The smallest absolute Gasteiger partial charge is 0.248 e. The Balaban J connectivity index is 1.82. The second-order valence-corrected chi connectivity index (χ2v) is 7.66. The maximum atomic E-state index is 13.2. The molecule has 0 aliphatic carbocycles. The number of benzene rings is 1. The van der Waals surface area contributed by atoms with Crippen molar-refractivity contribution >= 4 is 39.1 Å². The number of anilines is 1.